The molecule has 19 nitrogen and oxygen atoms in total. The molecule has 19 heteroatoms. The van der Waals surface area contributed by atoms with Gasteiger partial charge in [0.05, 0.1) is 65.8 Å². The molecular formula is C37H65N3O16. The molecule has 0 aromatic carbocycles. The van der Waals surface area contributed by atoms with E-state index in [1.165, 1.54) is 62.7 Å². The van der Waals surface area contributed by atoms with Crippen LogP contribution in [0.3, 0.4) is 0 Å². The second-order valence-electron chi connectivity index (χ2n) is 13.5. The summed E-state index contributed by atoms with van der Waals surface area (Å²) < 4.78 is 21.2. The van der Waals surface area contributed by atoms with Crippen LogP contribution < -0.4 is 0 Å². The van der Waals surface area contributed by atoms with Crippen LogP contribution in [0.2, 0.25) is 0 Å². The summed E-state index contributed by atoms with van der Waals surface area (Å²) >= 11 is 0. The number of ether oxygens (including phenoxy) is 4. The van der Waals surface area contributed by atoms with Crippen LogP contribution >= 0.6 is 0 Å². The van der Waals surface area contributed by atoms with E-state index in [2.05, 4.69) is 6.92 Å². The van der Waals surface area contributed by atoms with Crippen LogP contribution in [0.25, 0.3) is 0 Å². The second kappa shape index (κ2) is 34.5. The molecule has 0 aromatic rings. The minimum atomic E-state index is -1.40. The number of esters is 1. The highest BCUT2D eigenvalue weighted by atomic mass is 16.6. The van der Waals surface area contributed by atoms with Crippen LogP contribution in [-0.2, 0) is 52.5 Å². The van der Waals surface area contributed by atoms with Gasteiger partial charge in [0.25, 0.3) is 0 Å². The van der Waals surface area contributed by atoms with Crippen molar-refractivity contribution in [1.82, 2.24) is 14.7 Å². The lowest BCUT2D eigenvalue weighted by molar-refractivity contribution is -0.150. The number of nitrogens with zero attached hydrogens (tertiary/aromatic N) is 3. The van der Waals surface area contributed by atoms with E-state index in [-0.39, 0.29) is 52.7 Å². The number of carbonyl (C=O) groups is 7. The predicted molar refractivity (Wildman–Crippen MR) is 201 cm³/mol. The zero-order chi connectivity index (χ0) is 42.0. The monoisotopic (exact) mass is 807 g/mol. The molecule has 56 heavy (non-hydrogen) atoms. The number of hydrogen-bond acceptors (Lipinski definition) is 14. The third kappa shape index (κ3) is 33.6. The Bertz CT molecular complexity index is 1110. The van der Waals surface area contributed by atoms with Gasteiger partial charge in [-0.3, -0.25) is 43.5 Å². The molecule has 5 N–H and O–H groups in total. The maximum atomic E-state index is 12.9. The van der Waals surface area contributed by atoms with Gasteiger partial charge < -0.3 is 44.5 Å². The smallest absolute Gasteiger partial charge is 0.332 e. The van der Waals surface area contributed by atoms with Gasteiger partial charge >= 0.3 is 35.8 Å². The fourth-order valence-corrected chi connectivity index (χ4v) is 5.75. The Hall–Kier alpha value is -3.75. The summed E-state index contributed by atoms with van der Waals surface area (Å²) in [4.78, 5) is 85.1. The SMILES string of the molecule is CCCCCCCCCCCCCCOC(=O)COCCOCCOCC(=O)CC(CN(CCN(CC(=O)O)CC(=O)O)CC(=O)O)N(CC(=O)O)CC(=O)O. The van der Waals surface area contributed by atoms with Crippen molar-refractivity contribution in [2.24, 2.45) is 0 Å². The topological polar surface area (TPSA) is 267 Å². The predicted octanol–water partition coefficient (Wildman–Crippen LogP) is 1.94. The summed E-state index contributed by atoms with van der Waals surface area (Å²) in [5.74, 6) is -7.75. The first-order valence-corrected chi connectivity index (χ1v) is 19.4. The van der Waals surface area contributed by atoms with Crippen LogP contribution in [0, 0.1) is 0 Å². The highest BCUT2D eigenvalue weighted by molar-refractivity contribution is 5.80. The van der Waals surface area contributed by atoms with Gasteiger partial charge in [0.1, 0.15) is 13.2 Å². The molecule has 0 amide bonds. The van der Waals surface area contributed by atoms with Crippen LogP contribution in [0.4, 0.5) is 0 Å². The zero-order valence-electron chi connectivity index (χ0n) is 32.9. The van der Waals surface area contributed by atoms with Crippen molar-refractivity contribution in [2.75, 3.05) is 98.6 Å². The number of carbonyl (C=O) groups excluding carboxylic acids is 2. The third-order valence-electron chi connectivity index (χ3n) is 8.42. The fraction of sp³-hybridized carbons (Fsp3) is 0.811. The maximum Gasteiger partial charge on any atom is 0.332 e. The van der Waals surface area contributed by atoms with Crippen molar-refractivity contribution in [1.29, 1.82) is 0 Å². The number of carboxylic acid groups (broad SMARTS) is 5. The van der Waals surface area contributed by atoms with Crippen molar-refractivity contribution in [3.63, 3.8) is 0 Å². The molecule has 0 radical (unpaired) electrons. The van der Waals surface area contributed by atoms with Crippen molar-refractivity contribution < 1.29 is 78.0 Å². The molecule has 0 spiro atoms. The average molecular weight is 808 g/mol. The molecule has 0 fully saturated rings. The van der Waals surface area contributed by atoms with E-state index in [1.807, 2.05) is 0 Å². The van der Waals surface area contributed by atoms with Crippen molar-refractivity contribution in [3.8, 4) is 0 Å². The largest absolute Gasteiger partial charge is 0.480 e. The lowest BCUT2D eigenvalue weighted by Crippen LogP contribution is -2.51. The molecule has 324 valence electrons. The first-order valence-electron chi connectivity index (χ1n) is 19.4. The van der Waals surface area contributed by atoms with Gasteiger partial charge in [-0.05, 0) is 6.42 Å². The van der Waals surface area contributed by atoms with Crippen LogP contribution in [0.1, 0.15) is 90.4 Å². The molecule has 0 heterocycles. The van der Waals surface area contributed by atoms with Gasteiger partial charge in [0, 0.05) is 32.1 Å². The van der Waals surface area contributed by atoms with Crippen LogP contribution in [-0.4, -0.2) is 186 Å². The van der Waals surface area contributed by atoms with E-state index in [9.17, 15) is 48.9 Å². The minimum absolute atomic E-state index is 0.0143. The van der Waals surface area contributed by atoms with Gasteiger partial charge in [-0.15, -0.1) is 0 Å². The Morgan fingerprint density at radius 1 is 0.482 bits per heavy atom. The van der Waals surface area contributed by atoms with E-state index in [4.69, 9.17) is 29.2 Å². The molecule has 0 saturated heterocycles. The second-order valence-corrected chi connectivity index (χ2v) is 13.5. The number of hydrogen-bond donors (Lipinski definition) is 5. The standard InChI is InChI=1S/C37H65N3O16/c1-2-3-4-5-6-7-8-9-10-11-12-13-16-56-37(52)29-55-20-18-53-17-19-54-28-31(41)21-30(40(26-35(48)49)27-36(50)51)22-38(23-32(42)43)14-15-39(24-33(44)45)25-34(46)47/h30H,2-29H2,1H3,(H,42,43)(H,44,45)(H,46,47)(H,48,49)(H,50,51). The first-order chi connectivity index (χ1) is 26.7. The van der Waals surface area contributed by atoms with Gasteiger partial charge in [-0.25, -0.2) is 4.79 Å². The number of ketones is 1. The maximum absolute atomic E-state index is 12.9. The normalized spacial score (nSPS) is 11.9. The summed E-state index contributed by atoms with van der Waals surface area (Å²) in [5, 5.41) is 46.5. The van der Waals surface area contributed by atoms with Gasteiger partial charge in [-0.1, -0.05) is 77.6 Å². The Balaban J connectivity index is 4.59. The van der Waals surface area contributed by atoms with Crippen molar-refractivity contribution in [3.05, 3.63) is 0 Å². The number of unbranched alkanes of at least 4 members (excludes halogenated alkanes) is 11. The number of aliphatic carboxylic acids is 5. The Morgan fingerprint density at radius 3 is 1.38 bits per heavy atom. The molecule has 0 aliphatic rings. The highest BCUT2D eigenvalue weighted by Crippen LogP contribution is 2.12. The fourth-order valence-electron chi connectivity index (χ4n) is 5.75. The number of Topliss-reactive ketones (excluding diaryl/α,β-unsaturated/α-hetero) is 1. The molecule has 0 saturated carbocycles. The van der Waals surface area contributed by atoms with Crippen molar-refractivity contribution in [2.45, 2.75) is 96.4 Å². The molecular weight excluding hydrogens is 742 g/mol. The highest BCUT2D eigenvalue weighted by Gasteiger charge is 2.29. The van der Waals surface area contributed by atoms with Gasteiger partial charge in [0.2, 0.25) is 0 Å². The molecule has 0 aliphatic heterocycles. The Morgan fingerprint density at radius 2 is 0.893 bits per heavy atom. The summed E-state index contributed by atoms with van der Waals surface area (Å²) in [6.07, 6.45) is 14.2. The van der Waals surface area contributed by atoms with E-state index >= 15 is 0 Å². The van der Waals surface area contributed by atoms with Crippen molar-refractivity contribution >= 4 is 41.6 Å². The van der Waals surface area contributed by atoms with E-state index in [0.717, 1.165) is 29.1 Å². The molecule has 0 bridgehead atoms. The van der Waals surface area contributed by atoms with Gasteiger partial charge in [0.15, 0.2) is 5.78 Å². The molecule has 1 atom stereocenters. The van der Waals surface area contributed by atoms with Gasteiger partial charge in [-0.2, -0.15) is 0 Å². The average Bonchev–Trinajstić information content (AvgIpc) is 3.10. The molecule has 0 rings (SSSR count). The summed E-state index contributed by atoms with van der Waals surface area (Å²) in [6.45, 7) is -2.00. The van der Waals surface area contributed by atoms with Crippen LogP contribution in [0.15, 0.2) is 0 Å². The lowest BCUT2D eigenvalue weighted by atomic mass is 10.1. The summed E-state index contributed by atoms with van der Waals surface area (Å²) in [7, 11) is 0. The molecule has 0 aliphatic carbocycles. The Labute approximate surface area is 329 Å². The first kappa shape index (κ1) is 52.2. The van der Waals surface area contributed by atoms with E-state index in [1.54, 1.807) is 0 Å². The Kier molecular flexibility index (Phi) is 32.2. The lowest BCUT2D eigenvalue weighted by Gasteiger charge is -2.34. The van der Waals surface area contributed by atoms with E-state index < -0.39 is 93.4 Å². The number of rotatable bonds is 41. The minimum Gasteiger partial charge on any atom is -0.480 e. The molecule has 0 aromatic heterocycles. The van der Waals surface area contributed by atoms with E-state index in [0.29, 0.717) is 6.61 Å². The quantitative estimate of drug-likeness (QED) is 0.0436. The zero-order valence-corrected chi connectivity index (χ0v) is 32.9. The molecule has 1 unspecified atom stereocenters. The summed E-state index contributed by atoms with van der Waals surface area (Å²) in [5.41, 5.74) is 0. The van der Waals surface area contributed by atoms with Crippen LogP contribution in [0.5, 0.6) is 0 Å². The third-order valence-corrected chi connectivity index (χ3v) is 8.42. The number of carboxylic acids is 5. The summed E-state index contributed by atoms with van der Waals surface area (Å²) in [6, 6.07) is -1.12.